The molecule has 2 rings (SSSR count). The quantitative estimate of drug-likeness (QED) is 0.668. The van der Waals surface area contributed by atoms with E-state index in [9.17, 15) is 0 Å². The van der Waals surface area contributed by atoms with Crippen molar-refractivity contribution >= 4 is 0 Å². The van der Waals surface area contributed by atoms with Crippen LogP contribution in [0.3, 0.4) is 0 Å². The first kappa shape index (κ1) is 8.66. The highest BCUT2D eigenvalue weighted by atomic mass is 14.9. The second-order valence-corrected chi connectivity index (χ2v) is 3.58. The molecule has 13 heavy (non-hydrogen) atoms. The monoisotopic (exact) mass is 177 g/mol. The lowest BCUT2D eigenvalue weighted by atomic mass is 9.95. The van der Waals surface area contributed by atoms with Crippen molar-refractivity contribution in [3.05, 3.63) is 30.1 Å². The molecule has 0 aliphatic carbocycles. The molecule has 2 atom stereocenters. The number of nitrogens with zero attached hydrogens (tertiary/aromatic N) is 1. The van der Waals surface area contributed by atoms with Crippen LogP contribution in [-0.2, 0) is 0 Å². The van der Waals surface area contributed by atoms with Crippen LogP contribution in [-0.4, -0.2) is 17.6 Å². The molecule has 1 fully saturated rings. The Bertz CT molecular complexity index is 260. The zero-order valence-corrected chi connectivity index (χ0v) is 7.61. The molecule has 0 unspecified atom stereocenters. The van der Waals surface area contributed by atoms with E-state index in [4.69, 9.17) is 5.73 Å². The van der Waals surface area contributed by atoms with Gasteiger partial charge >= 0.3 is 0 Å². The van der Waals surface area contributed by atoms with E-state index in [0.717, 1.165) is 19.4 Å². The Morgan fingerprint density at radius 1 is 1.54 bits per heavy atom. The summed E-state index contributed by atoms with van der Waals surface area (Å²) >= 11 is 0. The molecular weight excluding hydrogens is 162 g/mol. The highest BCUT2D eigenvalue weighted by Crippen LogP contribution is 2.20. The number of hydrogen-bond donors (Lipinski definition) is 2. The summed E-state index contributed by atoms with van der Waals surface area (Å²) in [7, 11) is 0. The summed E-state index contributed by atoms with van der Waals surface area (Å²) in [6.45, 7) is 1.01. The third-order valence-corrected chi connectivity index (χ3v) is 2.53. The third-order valence-electron chi connectivity index (χ3n) is 2.53. The predicted molar refractivity (Wildman–Crippen MR) is 52.2 cm³/mol. The Hall–Kier alpha value is -0.930. The van der Waals surface area contributed by atoms with Gasteiger partial charge in [-0.05, 0) is 31.0 Å². The molecule has 1 aromatic rings. The van der Waals surface area contributed by atoms with E-state index in [1.165, 1.54) is 5.56 Å². The maximum Gasteiger partial charge on any atom is 0.0350 e. The van der Waals surface area contributed by atoms with Gasteiger partial charge in [-0.1, -0.05) is 6.07 Å². The first-order valence-corrected chi connectivity index (χ1v) is 4.75. The second-order valence-electron chi connectivity index (χ2n) is 3.58. The van der Waals surface area contributed by atoms with Gasteiger partial charge in [0.15, 0.2) is 0 Å². The van der Waals surface area contributed by atoms with Crippen LogP contribution in [0.15, 0.2) is 24.5 Å². The standard InChI is InChI=1S/C10H15N3/c11-9-3-5-13-10(6-9)8-2-1-4-12-7-8/h1-2,4,7,9-10,13H,3,5-6,11H2/t9-,10-/m0/s1. The molecule has 3 N–H and O–H groups in total. The van der Waals surface area contributed by atoms with Gasteiger partial charge in [0.25, 0.3) is 0 Å². The Kier molecular flexibility index (Phi) is 2.57. The van der Waals surface area contributed by atoms with E-state index < -0.39 is 0 Å². The van der Waals surface area contributed by atoms with E-state index in [0.29, 0.717) is 12.1 Å². The molecule has 0 radical (unpaired) electrons. The number of nitrogens with one attached hydrogen (secondary N) is 1. The van der Waals surface area contributed by atoms with Crippen molar-refractivity contribution in [3.63, 3.8) is 0 Å². The number of hydrogen-bond acceptors (Lipinski definition) is 3. The molecule has 0 aromatic carbocycles. The van der Waals surface area contributed by atoms with Gasteiger partial charge in [-0.3, -0.25) is 4.98 Å². The number of piperidine rings is 1. The lowest BCUT2D eigenvalue weighted by molar-refractivity contribution is 0.369. The van der Waals surface area contributed by atoms with Crippen LogP contribution in [0.5, 0.6) is 0 Å². The number of pyridine rings is 1. The largest absolute Gasteiger partial charge is 0.328 e. The molecule has 3 heteroatoms. The van der Waals surface area contributed by atoms with Gasteiger partial charge in [0, 0.05) is 24.5 Å². The average Bonchev–Trinajstić information content (AvgIpc) is 2.19. The lowest BCUT2D eigenvalue weighted by Crippen LogP contribution is -2.38. The van der Waals surface area contributed by atoms with Gasteiger partial charge in [-0.15, -0.1) is 0 Å². The third kappa shape index (κ3) is 2.05. The average molecular weight is 177 g/mol. The minimum absolute atomic E-state index is 0.339. The van der Waals surface area contributed by atoms with Crippen molar-refractivity contribution < 1.29 is 0 Å². The van der Waals surface area contributed by atoms with Crippen LogP contribution in [0, 0.1) is 0 Å². The van der Waals surface area contributed by atoms with Crippen LogP contribution < -0.4 is 11.1 Å². The molecule has 3 nitrogen and oxygen atoms in total. The van der Waals surface area contributed by atoms with Crippen molar-refractivity contribution in [1.82, 2.24) is 10.3 Å². The number of rotatable bonds is 1. The number of aromatic nitrogens is 1. The molecule has 70 valence electrons. The predicted octanol–water partition coefficient (Wildman–Crippen LogP) is 0.833. The van der Waals surface area contributed by atoms with Crippen molar-refractivity contribution in [2.24, 2.45) is 5.73 Å². The van der Waals surface area contributed by atoms with E-state index in [2.05, 4.69) is 16.4 Å². The van der Waals surface area contributed by atoms with E-state index >= 15 is 0 Å². The summed E-state index contributed by atoms with van der Waals surface area (Å²) in [5, 5.41) is 3.45. The van der Waals surface area contributed by atoms with Crippen LogP contribution >= 0.6 is 0 Å². The topological polar surface area (TPSA) is 50.9 Å². The van der Waals surface area contributed by atoms with Crippen molar-refractivity contribution in [1.29, 1.82) is 0 Å². The molecule has 1 aliphatic rings. The van der Waals surface area contributed by atoms with E-state index in [1.807, 2.05) is 12.3 Å². The molecule has 1 saturated heterocycles. The molecule has 0 spiro atoms. The first-order chi connectivity index (χ1) is 6.36. The summed E-state index contributed by atoms with van der Waals surface area (Å²) in [6.07, 6.45) is 5.81. The summed E-state index contributed by atoms with van der Waals surface area (Å²) in [5.41, 5.74) is 7.15. The van der Waals surface area contributed by atoms with E-state index in [-0.39, 0.29) is 0 Å². The molecule has 2 heterocycles. The van der Waals surface area contributed by atoms with Gasteiger partial charge in [0.2, 0.25) is 0 Å². The highest BCUT2D eigenvalue weighted by molar-refractivity contribution is 5.14. The zero-order chi connectivity index (χ0) is 9.10. The minimum Gasteiger partial charge on any atom is -0.328 e. The fourth-order valence-electron chi connectivity index (χ4n) is 1.78. The van der Waals surface area contributed by atoms with Gasteiger partial charge in [0.1, 0.15) is 0 Å². The van der Waals surface area contributed by atoms with Crippen LogP contribution in [0.25, 0.3) is 0 Å². The minimum atomic E-state index is 0.339. The highest BCUT2D eigenvalue weighted by Gasteiger charge is 2.19. The summed E-state index contributed by atoms with van der Waals surface area (Å²) < 4.78 is 0. The fraction of sp³-hybridized carbons (Fsp3) is 0.500. The Balaban J connectivity index is 2.08. The van der Waals surface area contributed by atoms with Gasteiger partial charge in [0.05, 0.1) is 0 Å². The normalized spacial score (nSPS) is 28.7. The molecule has 1 aliphatic heterocycles. The first-order valence-electron chi connectivity index (χ1n) is 4.75. The lowest BCUT2D eigenvalue weighted by Gasteiger charge is -2.28. The second kappa shape index (κ2) is 3.85. The Morgan fingerprint density at radius 3 is 3.15 bits per heavy atom. The van der Waals surface area contributed by atoms with Gasteiger partial charge in [-0.2, -0.15) is 0 Å². The van der Waals surface area contributed by atoms with Gasteiger partial charge < -0.3 is 11.1 Å². The Morgan fingerprint density at radius 2 is 2.46 bits per heavy atom. The molecule has 0 saturated carbocycles. The van der Waals surface area contributed by atoms with Crippen molar-refractivity contribution in [2.75, 3.05) is 6.54 Å². The summed E-state index contributed by atoms with van der Waals surface area (Å²) in [5.74, 6) is 0. The van der Waals surface area contributed by atoms with Gasteiger partial charge in [-0.25, -0.2) is 0 Å². The Labute approximate surface area is 78.4 Å². The molecule has 0 bridgehead atoms. The number of nitrogens with two attached hydrogens (primary N) is 1. The zero-order valence-electron chi connectivity index (χ0n) is 7.61. The molecule has 0 amide bonds. The maximum absolute atomic E-state index is 5.90. The van der Waals surface area contributed by atoms with Crippen LogP contribution in [0.4, 0.5) is 0 Å². The summed E-state index contributed by atoms with van der Waals surface area (Å²) in [4.78, 5) is 4.10. The maximum atomic E-state index is 5.90. The van der Waals surface area contributed by atoms with Crippen LogP contribution in [0.1, 0.15) is 24.4 Å². The van der Waals surface area contributed by atoms with Crippen molar-refractivity contribution in [2.45, 2.75) is 24.9 Å². The van der Waals surface area contributed by atoms with Crippen molar-refractivity contribution in [3.8, 4) is 0 Å². The molecular formula is C10H15N3. The smallest absolute Gasteiger partial charge is 0.0350 e. The summed E-state index contributed by atoms with van der Waals surface area (Å²) in [6, 6.07) is 4.81. The fourth-order valence-corrected chi connectivity index (χ4v) is 1.78. The van der Waals surface area contributed by atoms with E-state index in [1.54, 1.807) is 6.20 Å². The molecule has 1 aromatic heterocycles. The van der Waals surface area contributed by atoms with Crippen LogP contribution in [0.2, 0.25) is 0 Å². The SMILES string of the molecule is N[C@H]1CCN[C@H](c2cccnc2)C1.